The Labute approximate surface area is 105 Å². The van der Waals surface area contributed by atoms with Crippen molar-refractivity contribution in [2.45, 2.75) is 13.8 Å². The van der Waals surface area contributed by atoms with Crippen molar-refractivity contribution in [2.24, 2.45) is 0 Å². The highest BCUT2D eigenvalue weighted by molar-refractivity contribution is 7.22. The number of nitrogens with zero attached hydrogens (tertiary/aromatic N) is 2. The number of thiazole rings is 1. The maximum Gasteiger partial charge on any atom is 0.186 e. The first kappa shape index (κ1) is 11.0. The molecule has 3 nitrogen and oxygen atoms in total. The van der Waals surface area contributed by atoms with E-state index in [4.69, 9.17) is 9.72 Å². The number of ether oxygens (including phenoxy) is 1. The maximum absolute atomic E-state index is 5.37. The summed E-state index contributed by atoms with van der Waals surface area (Å²) in [6.07, 6.45) is 0. The Morgan fingerprint density at radius 3 is 2.65 bits per heavy atom. The van der Waals surface area contributed by atoms with Crippen LogP contribution in [0.3, 0.4) is 0 Å². The van der Waals surface area contributed by atoms with Gasteiger partial charge in [-0.2, -0.15) is 0 Å². The molecule has 1 saturated heterocycles. The highest BCUT2D eigenvalue weighted by Crippen LogP contribution is 2.30. The van der Waals surface area contributed by atoms with E-state index in [1.165, 1.54) is 15.8 Å². The first-order chi connectivity index (χ1) is 8.24. The van der Waals surface area contributed by atoms with Gasteiger partial charge >= 0.3 is 0 Å². The van der Waals surface area contributed by atoms with E-state index in [1.54, 1.807) is 11.3 Å². The normalized spacial score (nSPS) is 16.7. The largest absolute Gasteiger partial charge is 0.378 e. The van der Waals surface area contributed by atoms with E-state index in [1.807, 2.05) is 0 Å². The van der Waals surface area contributed by atoms with Crippen molar-refractivity contribution in [3.8, 4) is 0 Å². The summed E-state index contributed by atoms with van der Waals surface area (Å²) >= 11 is 1.79. The first-order valence-corrected chi connectivity index (χ1v) is 6.76. The summed E-state index contributed by atoms with van der Waals surface area (Å²) in [5.41, 5.74) is 3.78. The molecule has 0 unspecified atom stereocenters. The zero-order valence-corrected chi connectivity index (χ0v) is 11.0. The number of rotatable bonds is 1. The quantitative estimate of drug-likeness (QED) is 0.776. The Hall–Kier alpha value is -1.13. The number of aryl methyl sites for hydroxylation is 2. The van der Waals surface area contributed by atoms with Gasteiger partial charge in [0.2, 0.25) is 0 Å². The molecule has 1 fully saturated rings. The molecule has 0 bridgehead atoms. The summed E-state index contributed by atoms with van der Waals surface area (Å²) < 4.78 is 6.66. The minimum Gasteiger partial charge on any atom is -0.378 e. The van der Waals surface area contributed by atoms with Crippen LogP contribution < -0.4 is 4.90 Å². The number of fused-ring (bicyclic) bond motifs is 1. The monoisotopic (exact) mass is 248 g/mol. The topological polar surface area (TPSA) is 25.4 Å². The zero-order valence-electron chi connectivity index (χ0n) is 10.2. The van der Waals surface area contributed by atoms with Gasteiger partial charge in [-0.3, -0.25) is 0 Å². The molecule has 1 aromatic carbocycles. The number of anilines is 1. The van der Waals surface area contributed by atoms with Crippen LogP contribution in [0.25, 0.3) is 10.2 Å². The van der Waals surface area contributed by atoms with Gasteiger partial charge in [0.05, 0.1) is 23.4 Å². The maximum atomic E-state index is 5.37. The van der Waals surface area contributed by atoms with Crippen LogP contribution >= 0.6 is 11.3 Å². The van der Waals surface area contributed by atoms with E-state index in [-0.39, 0.29) is 0 Å². The molecule has 1 aliphatic heterocycles. The molecule has 4 heteroatoms. The number of hydrogen-bond acceptors (Lipinski definition) is 4. The molecule has 90 valence electrons. The summed E-state index contributed by atoms with van der Waals surface area (Å²) in [5, 5.41) is 1.13. The summed E-state index contributed by atoms with van der Waals surface area (Å²) in [4.78, 5) is 7.05. The fourth-order valence-electron chi connectivity index (χ4n) is 2.06. The lowest BCUT2D eigenvalue weighted by atomic mass is 10.1. The molecule has 3 rings (SSSR count). The molecular weight excluding hydrogens is 232 g/mol. The molecule has 0 atom stereocenters. The van der Waals surface area contributed by atoms with E-state index in [0.29, 0.717) is 0 Å². The van der Waals surface area contributed by atoms with Crippen LogP contribution in [0.2, 0.25) is 0 Å². The van der Waals surface area contributed by atoms with Crippen LogP contribution in [-0.2, 0) is 4.74 Å². The van der Waals surface area contributed by atoms with Crippen molar-refractivity contribution in [1.82, 2.24) is 4.98 Å². The molecule has 1 aromatic heterocycles. The van der Waals surface area contributed by atoms with Gasteiger partial charge in [0.25, 0.3) is 0 Å². The number of hydrogen-bond donors (Lipinski definition) is 0. The van der Waals surface area contributed by atoms with Gasteiger partial charge in [-0.1, -0.05) is 11.3 Å². The molecule has 0 spiro atoms. The molecule has 0 aliphatic carbocycles. The predicted octanol–water partition coefficient (Wildman–Crippen LogP) is 2.75. The molecular formula is C13H16N2OS. The Balaban J connectivity index is 2.00. The third kappa shape index (κ3) is 2.03. The fraction of sp³-hybridized carbons (Fsp3) is 0.462. The molecule has 1 aliphatic rings. The van der Waals surface area contributed by atoms with Gasteiger partial charge in [-0.15, -0.1) is 0 Å². The third-order valence-electron chi connectivity index (χ3n) is 3.27. The van der Waals surface area contributed by atoms with E-state index < -0.39 is 0 Å². The zero-order chi connectivity index (χ0) is 11.8. The minimum atomic E-state index is 0.813. The Morgan fingerprint density at radius 2 is 1.88 bits per heavy atom. The molecule has 2 aromatic rings. The number of aromatic nitrogens is 1. The third-order valence-corrected chi connectivity index (χ3v) is 4.35. The second-order valence-corrected chi connectivity index (χ2v) is 5.51. The molecule has 2 heterocycles. The van der Waals surface area contributed by atoms with Crippen molar-refractivity contribution < 1.29 is 4.74 Å². The molecule has 0 N–H and O–H groups in total. The van der Waals surface area contributed by atoms with Crippen LogP contribution in [0.15, 0.2) is 12.1 Å². The molecule has 0 amide bonds. The van der Waals surface area contributed by atoms with Crippen molar-refractivity contribution >= 4 is 26.7 Å². The standard InChI is InChI=1S/C13H16N2OS/c1-9-7-11-12(8-10(9)2)17-13(14-11)15-3-5-16-6-4-15/h7-8H,3-6H2,1-2H3. The first-order valence-electron chi connectivity index (χ1n) is 5.94. The van der Waals surface area contributed by atoms with Crippen LogP contribution in [-0.4, -0.2) is 31.3 Å². The Kier molecular flexibility index (Phi) is 2.76. The van der Waals surface area contributed by atoms with Crippen LogP contribution in [0, 0.1) is 13.8 Å². The van der Waals surface area contributed by atoms with Crippen LogP contribution in [0.5, 0.6) is 0 Å². The molecule has 0 radical (unpaired) electrons. The van der Waals surface area contributed by atoms with Crippen molar-refractivity contribution in [3.63, 3.8) is 0 Å². The van der Waals surface area contributed by atoms with Gasteiger partial charge in [0.15, 0.2) is 5.13 Å². The van der Waals surface area contributed by atoms with Gasteiger partial charge in [-0.25, -0.2) is 4.98 Å². The summed E-state index contributed by atoms with van der Waals surface area (Å²) in [6.45, 7) is 7.84. The van der Waals surface area contributed by atoms with E-state index in [2.05, 4.69) is 30.9 Å². The lowest BCUT2D eigenvalue weighted by molar-refractivity contribution is 0.122. The highest BCUT2D eigenvalue weighted by atomic mass is 32.1. The predicted molar refractivity (Wildman–Crippen MR) is 72.1 cm³/mol. The van der Waals surface area contributed by atoms with Crippen molar-refractivity contribution in [3.05, 3.63) is 23.3 Å². The van der Waals surface area contributed by atoms with Gasteiger partial charge in [0, 0.05) is 13.1 Å². The molecule has 17 heavy (non-hydrogen) atoms. The van der Waals surface area contributed by atoms with Gasteiger partial charge < -0.3 is 9.64 Å². The van der Waals surface area contributed by atoms with E-state index in [9.17, 15) is 0 Å². The minimum absolute atomic E-state index is 0.813. The second kappa shape index (κ2) is 4.27. The lowest BCUT2D eigenvalue weighted by Gasteiger charge is -2.25. The second-order valence-electron chi connectivity index (χ2n) is 4.50. The summed E-state index contributed by atoms with van der Waals surface area (Å²) in [5.74, 6) is 0. The van der Waals surface area contributed by atoms with Crippen molar-refractivity contribution in [1.29, 1.82) is 0 Å². The average Bonchev–Trinajstić information content (AvgIpc) is 2.74. The van der Waals surface area contributed by atoms with E-state index in [0.717, 1.165) is 37.0 Å². The Bertz CT molecular complexity index is 505. The number of benzene rings is 1. The van der Waals surface area contributed by atoms with Gasteiger partial charge in [0.1, 0.15) is 0 Å². The molecule has 0 saturated carbocycles. The SMILES string of the molecule is Cc1cc2nc(N3CCOCC3)sc2cc1C. The highest BCUT2D eigenvalue weighted by Gasteiger charge is 2.15. The Morgan fingerprint density at radius 1 is 1.18 bits per heavy atom. The fourth-order valence-corrected chi connectivity index (χ4v) is 3.15. The van der Waals surface area contributed by atoms with Crippen LogP contribution in [0.1, 0.15) is 11.1 Å². The number of morpholine rings is 1. The average molecular weight is 248 g/mol. The smallest absolute Gasteiger partial charge is 0.186 e. The van der Waals surface area contributed by atoms with Crippen LogP contribution in [0.4, 0.5) is 5.13 Å². The summed E-state index contributed by atoms with van der Waals surface area (Å²) in [7, 11) is 0. The van der Waals surface area contributed by atoms with Crippen molar-refractivity contribution in [2.75, 3.05) is 31.2 Å². The summed E-state index contributed by atoms with van der Waals surface area (Å²) in [6, 6.07) is 4.43. The van der Waals surface area contributed by atoms with E-state index >= 15 is 0 Å². The van der Waals surface area contributed by atoms with Gasteiger partial charge in [-0.05, 0) is 37.1 Å². The lowest BCUT2D eigenvalue weighted by Crippen LogP contribution is -2.36.